The van der Waals surface area contributed by atoms with Crippen molar-refractivity contribution in [3.05, 3.63) is 29.8 Å². The predicted octanol–water partition coefficient (Wildman–Crippen LogP) is 2.48. The van der Waals surface area contributed by atoms with Gasteiger partial charge in [0, 0.05) is 18.6 Å². The molecule has 0 bridgehead atoms. The SMILES string of the molecule is CC(C)NCc1cccc(OC(C)C(=O)NC(C)C)c1. The molecule has 1 unspecified atom stereocenters. The van der Waals surface area contributed by atoms with E-state index in [1.807, 2.05) is 38.1 Å². The predicted molar refractivity (Wildman–Crippen MR) is 81.8 cm³/mol. The molecule has 0 saturated carbocycles. The van der Waals surface area contributed by atoms with E-state index in [1.54, 1.807) is 6.92 Å². The Kier molecular flexibility index (Phi) is 6.52. The van der Waals surface area contributed by atoms with Gasteiger partial charge in [0.2, 0.25) is 0 Å². The smallest absolute Gasteiger partial charge is 0.260 e. The van der Waals surface area contributed by atoms with Crippen molar-refractivity contribution in [3.63, 3.8) is 0 Å². The van der Waals surface area contributed by atoms with E-state index in [4.69, 9.17) is 4.74 Å². The van der Waals surface area contributed by atoms with Gasteiger partial charge in [-0.1, -0.05) is 26.0 Å². The fraction of sp³-hybridized carbons (Fsp3) is 0.562. The van der Waals surface area contributed by atoms with Crippen LogP contribution < -0.4 is 15.4 Å². The van der Waals surface area contributed by atoms with E-state index in [9.17, 15) is 4.79 Å². The maximum atomic E-state index is 11.8. The summed E-state index contributed by atoms with van der Waals surface area (Å²) in [5.74, 6) is 0.630. The standard InChI is InChI=1S/C16H26N2O2/c1-11(2)17-10-14-7-6-8-15(9-14)20-13(5)16(19)18-12(3)4/h6-9,11-13,17H,10H2,1-5H3,(H,18,19). The summed E-state index contributed by atoms with van der Waals surface area (Å²) in [6.45, 7) is 10.6. The first kappa shape index (κ1) is 16.5. The van der Waals surface area contributed by atoms with Gasteiger partial charge in [0.25, 0.3) is 5.91 Å². The Morgan fingerprint density at radius 2 is 1.85 bits per heavy atom. The van der Waals surface area contributed by atoms with Gasteiger partial charge >= 0.3 is 0 Å². The van der Waals surface area contributed by atoms with E-state index in [-0.39, 0.29) is 11.9 Å². The third-order valence-electron chi connectivity index (χ3n) is 2.73. The van der Waals surface area contributed by atoms with Crippen molar-refractivity contribution in [2.24, 2.45) is 0 Å². The van der Waals surface area contributed by atoms with E-state index in [0.717, 1.165) is 17.9 Å². The minimum atomic E-state index is -0.495. The van der Waals surface area contributed by atoms with Crippen molar-refractivity contribution in [2.45, 2.75) is 59.4 Å². The maximum absolute atomic E-state index is 11.8. The van der Waals surface area contributed by atoms with Crippen LogP contribution in [0.2, 0.25) is 0 Å². The average Bonchev–Trinajstić information content (AvgIpc) is 2.36. The van der Waals surface area contributed by atoms with E-state index in [0.29, 0.717) is 6.04 Å². The third kappa shape index (κ3) is 6.06. The zero-order valence-corrected chi connectivity index (χ0v) is 13.1. The summed E-state index contributed by atoms with van der Waals surface area (Å²) >= 11 is 0. The molecular weight excluding hydrogens is 252 g/mol. The van der Waals surface area contributed by atoms with Crippen molar-refractivity contribution >= 4 is 5.91 Å². The lowest BCUT2D eigenvalue weighted by molar-refractivity contribution is -0.127. The van der Waals surface area contributed by atoms with Crippen LogP contribution in [0.4, 0.5) is 0 Å². The maximum Gasteiger partial charge on any atom is 0.260 e. The molecule has 20 heavy (non-hydrogen) atoms. The molecule has 1 atom stereocenters. The number of nitrogens with one attached hydrogen (secondary N) is 2. The molecule has 112 valence electrons. The number of benzene rings is 1. The Bertz CT molecular complexity index is 430. The lowest BCUT2D eigenvalue weighted by Gasteiger charge is -2.17. The summed E-state index contributed by atoms with van der Waals surface area (Å²) in [5.41, 5.74) is 1.15. The first-order valence-corrected chi connectivity index (χ1v) is 7.18. The molecule has 0 aliphatic heterocycles. The lowest BCUT2D eigenvalue weighted by Crippen LogP contribution is -2.40. The van der Waals surface area contributed by atoms with Gasteiger partial charge in [-0.15, -0.1) is 0 Å². The fourth-order valence-corrected chi connectivity index (χ4v) is 1.71. The first-order valence-electron chi connectivity index (χ1n) is 7.18. The first-order chi connectivity index (χ1) is 9.38. The minimum absolute atomic E-state index is 0.0919. The van der Waals surface area contributed by atoms with Crippen LogP contribution in [-0.2, 0) is 11.3 Å². The molecule has 1 aromatic rings. The summed E-state index contributed by atoms with van der Waals surface area (Å²) in [5, 5.41) is 6.20. The number of rotatable bonds is 7. The third-order valence-corrected chi connectivity index (χ3v) is 2.73. The molecule has 0 fully saturated rings. The van der Waals surface area contributed by atoms with Gasteiger partial charge in [-0.25, -0.2) is 0 Å². The van der Waals surface area contributed by atoms with Crippen LogP contribution in [0.1, 0.15) is 40.2 Å². The van der Waals surface area contributed by atoms with Gasteiger partial charge in [0.15, 0.2) is 6.10 Å². The van der Waals surface area contributed by atoms with Crippen LogP contribution >= 0.6 is 0 Å². The van der Waals surface area contributed by atoms with Crippen LogP contribution in [0.25, 0.3) is 0 Å². The van der Waals surface area contributed by atoms with Gasteiger partial charge in [0.1, 0.15) is 5.75 Å². The van der Waals surface area contributed by atoms with Crippen molar-refractivity contribution in [2.75, 3.05) is 0 Å². The second-order valence-corrected chi connectivity index (χ2v) is 5.61. The zero-order valence-electron chi connectivity index (χ0n) is 13.1. The summed E-state index contributed by atoms with van der Waals surface area (Å²) < 4.78 is 5.68. The molecule has 1 amide bonds. The molecule has 1 aromatic carbocycles. The van der Waals surface area contributed by atoms with Crippen LogP contribution in [0.15, 0.2) is 24.3 Å². The van der Waals surface area contributed by atoms with Crippen molar-refractivity contribution < 1.29 is 9.53 Å². The summed E-state index contributed by atoms with van der Waals surface area (Å²) in [6, 6.07) is 8.39. The molecule has 0 saturated heterocycles. The number of carbonyl (C=O) groups excluding carboxylic acids is 1. The summed E-state index contributed by atoms with van der Waals surface area (Å²) in [6.07, 6.45) is -0.495. The normalized spacial score (nSPS) is 12.6. The van der Waals surface area contributed by atoms with E-state index in [2.05, 4.69) is 24.5 Å². The lowest BCUT2D eigenvalue weighted by atomic mass is 10.2. The summed E-state index contributed by atoms with van der Waals surface area (Å²) in [7, 11) is 0. The van der Waals surface area contributed by atoms with Gasteiger partial charge in [0.05, 0.1) is 0 Å². The number of hydrogen-bond donors (Lipinski definition) is 2. The zero-order chi connectivity index (χ0) is 15.1. The summed E-state index contributed by atoms with van der Waals surface area (Å²) in [4.78, 5) is 11.8. The molecule has 0 aliphatic rings. The highest BCUT2D eigenvalue weighted by Gasteiger charge is 2.15. The Hall–Kier alpha value is -1.55. The molecule has 0 aliphatic carbocycles. The highest BCUT2D eigenvalue weighted by Crippen LogP contribution is 2.15. The van der Waals surface area contributed by atoms with Crippen LogP contribution in [-0.4, -0.2) is 24.1 Å². The number of carbonyl (C=O) groups is 1. The highest BCUT2D eigenvalue weighted by molar-refractivity contribution is 5.80. The molecule has 1 rings (SSSR count). The highest BCUT2D eigenvalue weighted by atomic mass is 16.5. The molecular formula is C16H26N2O2. The quantitative estimate of drug-likeness (QED) is 0.805. The molecule has 0 heterocycles. The average molecular weight is 278 g/mol. The molecule has 4 heteroatoms. The Morgan fingerprint density at radius 3 is 2.45 bits per heavy atom. The minimum Gasteiger partial charge on any atom is -0.481 e. The van der Waals surface area contributed by atoms with Crippen molar-refractivity contribution in [3.8, 4) is 5.75 Å². The van der Waals surface area contributed by atoms with Crippen LogP contribution in [0.5, 0.6) is 5.75 Å². The molecule has 2 N–H and O–H groups in total. The Labute approximate surface area is 121 Å². The Morgan fingerprint density at radius 1 is 1.15 bits per heavy atom. The molecule has 0 radical (unpaired) electrons. The fourth-order valence-electron chi connectivity index (χ4n) is 1.71. The second kappa shape index (κ2) is 7.90. The molecule has 0 aromatic heterocycles. The molecule has 4 nitrogen and oxygen atoms in total. The van der Waals surface area contributed by atoms with Gasteiger partial charge < -0.3 is 15.4 Å². The van der Waals surface area contributed by atoms with Crippen LogP contribution in [0.3, 0.4) is 0 Å². The second-order valence-electron chi connectivity index (χ2n) is 5.61. The monoisotopic (exact) mass is 278 g/mol. The number of amides is 1. The van der Waals surface area contributed by atoms with Gasteiger partial charge in [-0.2, -0.15) is 0 Å². The topological polar surface area (TPSA) is 50.4 Å². The number of ether oxygens (including phenoxy) is 1. The van der Waals surface area contributed by atoms with Gasteiger partial charge in [-0.3, -0.25) is 4.79 Å². The van der Waals surface area contributed by atoms with Crippen LogP contribution in [0, 0.1) is 0 Å². The van der Waals surface area contributed by atoms with E-state index in [1.165, 1.54) is 0 Å². The van der Waals surface area contributed by atoms with Gasteiger partial charge in [-0.05, 0) is 38.5 Å². The number of hydrogen-bond acceptors (Lipinski definition) is 3. The Balaban J connectivity index is 2.59. The largest absolute Gasteiger partial charge is 0.481 e. The van der Waals surface area contributed by atoms with E-state index < -0.39 is 6.10 Å². The molecule has 0 spiro atoms. The van der Waals surface area contributed by atoms with E-state index >= 15 is 0 Å². The van der Waals surface area contributed by atoms with Crippen molar-refractivity contribution in [1.29, 1.82) is 0 Å². The van der Waals surface area contributed by atoms with Crippen molar-refractivity contribution in [1.82, 2.24) is 10.6 Å².